The summed E-state index contributed by atoms with van der Waals surface area (Å²) in [5.41, 5.74) is 11.1. The largest absolute Gasteiger partial charge is 0.308 e. The maximum absolute atomic E-state index is 15.3. The van der Waals surface area contributed by atoms with E-state index in [-0.39, 0.29) is 32.5 Å². The van der Waals surface area contributed by atoms with Gasteiger partial charge in [0.2, 0.25) is 0 Å². The highest BCUT2D eigenvalue weighted by Gasteiger charge is 2.26. The zero-order chi connectivity index (χ0) is 49.4. The molecule has 0 aliphatic rings. The van der Waals surface area contributed by atoms with Crippen molar-refractivity contribution in [3.63, 3.8) is 0 Å². The molecule has 0 saturated carbocycles. The summed E-state index contributed by atoms with van der Waals surface area (Å²) >= 11 is 0. The van der Waals surface area contributed by atoms with Gasteiger partial charge in [-0.2, -0.15) is 0 Å². The molecule has 0 spiro atoms. The average Bonchev–Trinajstić information content (AvgIpc) is 3.67. The van der Waals surface area contributed by atoms with E-state index in [9.17, 15) is 0 Å². The molecule has 4 heterocycles. The molecule has 0 fully saturated rings. The number of nitrogens with zero attached hydrogens (tertiary/aromatic N) is 5. The van der Waals surface area contributed by atoms with Gasteiger partial charge in [0.05, 0.1) is 27.6 Å². The lowest BCUT2D eigenvalue weighted by Crippen LogP contribution is -2.18. The van der Waals surface area contributed by atoms with E-state index in [2.05, 4.69) is 213 Å². The van der Waals surface area contributed by atoms with Crippen LogP contribution in [0, 0.1) is 0 Å². The molecule has 0 bridgehead atoms. The number of rotatable bonds is 4. The second kappa shape index (κ2) is 15.5. The molecule has 4 aromatic heterocycles. The van der Waals surface area contributed by atoms with E-state index in [0.29, 0.717) is 50.2 Å². The molecule has 0 saturated heterocycles. The summed E-state index contributed by atoms with van der Waals surface area (Å²) in [5.74, 6) is 1.64. The lowest BCUT2D eigenvalue weighted by molar-refractivity contribution is 0.590. The summed E-state index contributed by atoms with van der Waals surface area (Å²) < 4.78 is 4.34. The maximum atomic E-state index is 15.3. The minimum absolute atomic E-state index is 0.0218. The number of hydrogen-bond donors (Lipinski definition) is 0. The first kappa shape index (κ1) is 45.0. The van der Waals surface area contributed by atoms with Crippen LogP contribution < -0.4 is 10.9 Å². The van der Waals surface area contributed by atoms with Crippen LogP contribution in [0.3, 0.4) is 0 Å². The van der Waals surface area contributed by atoms with Gasteiger partial charge < -0.3 is 8.97 Å². The number of pyridine rings is 2. The van der Waals surface area contributed by atoms with Crippen molar-refractivity contribution < 1.29 is 0 Å². The first-order valence-electron chi connectivity index (χ1n) is 24.4. The van der Waals surface area contributed by atoms with Crippen molar-refractivity contribution in [3.05, 3.63) is 182 Å². The second-order valence-electron chi connectivity index (χ2n) is 23.4. The summed E-state index contributed by atoms with van der Waals surface area (Å²) in [6.45, 7) is 26.3. The normalized spacial score (nSPS) is 13.0. The molecule has 0 atom stereocenters. The van der Waals surface area contributed by atoms with Crippen molar-refractivity contribution in [1.29, 1.82) is 0 Å². The van der Waals surface area contributed by atoms with Gasteiger partial charge in [0.1, 0.15) is 0 Å². The van der Waals surface area contributed by atoms with Crippen LogP contribution in [0.5, 0.6) is 0 Å². The Morgan fingerprint density at radius 2 is 0.786 bits per heavy atom. The summed E-state index contributed by atoms with van der Waals surface area (Å²) in [4.78, 5) is 46.3. The van der Waals surface area contributed by atoms with E-state index >= 15 is 9.59 Å². The van der Waals surface area contributed by atoms with Crippen molar-refractivity contribution >= 4 is 59.9 Å². The number of fused-ring (bicyclic) bond motifs is 7. The van der Waals surface area contributed by atoms with Crippen LogP contribution in [0.4, 0.5) is 0 Å². The van der Waals surface area contributed by atoms with E-state index in [1.807, 2.05) is 18.2 Å². The summed E-state index contributed by atoms with van der Waals surface area (Å²) in [5, 5.41) is 4.21. The van der Waals surface area contributed by atoms with Gasteiger partial charge in [0.25, 0.3) is 0 Å². The third-order valence-electron chi connectivity index (χ3n) is 14.4. The zero-order valence-corrected chi connectivity index (χ0v) is 42.3. The molecule has 11 rings (SSSR count). The van der Waals surface area contributed by atoms with Gasteiger partial charge in [0.15, 0.2) is 28.3 Å². The molecule has 7 heteroatoms. The van der Waals surface area contributed by atoms with Gasteiger partial charge in [-0.3, -0.25) is 9.59 Å². The number of para-hydroxylation sites is 2. The van der Waals surface area contributed by atoms with E-state index in [1.54, 1.807) is 0 Å². The van der Waals surface area contributed by atoms with Gasteiger partial charge in [-0.25, -0.2) is 15.0 Å². The van der Waals surface area contributed by atoms with Crippen LogP contribution in [0.1, 0.15) is 105 Å². The van der Waals surface area contributed by atoms with Crippen molar-refractivity contribution in [2.45, 2.75) is 105 Å². The van der Waals surface area contributed by atoms with Crippen molar-refractivity contribution in [2.24, 2.45) is 0 Å². The van der Waals surface area contributed by atoms with Gasteiger partial charge in [-0.15, -0.1) is 0 Å². The monoisotopic (exact) mass is 917 g/mol. The first-order valence-corrected chi connectivity index (χ1v) is 24.4. The summed E-state index contributed by atoms with van der Waals surface area (Å²) in [6.07, 6.45) is 0. The minimum Gasteiger partial charge on any atom is -0.308 e. The van der Waals surface area contributed by atoms with Crippen molar-refractivity contribution in [3.8, 4) is 39.9 Å². The molecule has 11 aromatic rings. The molecule has 0 radical (unpaired) electrons. The molecule has 7 aromatic carbocycles. The van der Waals surface area contributed by atoms with Crippen LogP contribution in [0.15, 0.2) is 149 Å². The highest BCUT2D eigenvalue weighted by molar-refractivity contribution is 6.15. The Morgan fingerprint density at radius 3 is 1.26 bits per heavy atom. The zero-order valence-electron chi connectivity index (χ0n) is 42.3. The third-order valence-corrected chi connectivity index (χ3v) is 14.4. The van der Waals surface area contributed by atoms with Gasteiger partial charge in [-0.05, 0) is 92.4 Å². The molecule has 348 valence electrons. The fraction of sp³-hybridized carbons (Fsp3) is 0.254. The smallest absolute Gasteiger partial charge is 0.197 e. The maximum Gasteiger partial charge on any atom is 0.197 e. The number of benzene rings is 7. The molecule has 70 heavy (non-hydrogen) atoms. The average molecular weight is 918 g/mol. The van der Waals surface area contributed by atoms with Crippen LogP contribution >= 0.6 is 0 Å². The Morgan fingerprint density at radius 1 is 0.357 bits per heavy atom. The van der Waals surface area contributed by atoms with Gasteiger partial charge in [-0.1, -0.05) is 174 Å². The number of hydrogen-bond acceptors (Lipinski definition) is 5. The molecule has 7 nitrogen and oxygen atoms in total. The van der Waals surface area contributed by atoms with Crippen LogP contribution in [0.25, 0.3) is 99.8 Å². The minimum atomic E-state index is -0.195. The molecular formula is C63H59N5O2. The van der Waals surface area contributed by atoms with Crippen molar-refractivity contribution in [1.82, 2.24) is 23.9 Å². The lowest BCUT2D eigenvalue weighted by atomic mass is 9.85. The molecule has 0 aliphatic carbocycles. The predicted octanol–water partition coefficient (Wildman–Crippen LogP) is 15.0. The lowest BCUT2D eigenvalue weighted by Gasteiger charge is -2.22. The van der Waals surface area contributed by atoms with Crippen molar-refractivity contribution in [2.75, 3.05) is 0 Å². The topological polar surface area (TPSA) is 82.1 Å². The van der Waals surface area contributed by atoms with E-state index in [0.717, 1.165) is 60.7 Å². The van der Waals surface area contributed by atoms with Crippen LogP contribution in [-0.4, -0.2) is 23.9 Å². The van der Waals surface area contributed by atoms with E-state index in [1.165, 1.54) is 11.1 Å². The Hall–Kier alpha value is -7.51. The molecular weight excluding hydrogens is 859 g/mol. The fourth-order valence-electron chi connectivity index (χ4n) is 10.2. The molecule has 0 N–H and O–H groups in total. The Balaban J connectivity index is 1.24. The molecule has 0 aliphatic heterocycles. The van der Waals surface area contributed by atoms with E-state index < -0.39 is 0 Å². The predicted molar refractivity (Wildman–Crippen MR) is 292 cm³/mol. The summed E-state index contributed by atoms with van der Waals surface area (Å²) in [6, 6.07) is 48.0. The highest BCUT2D eigenvalue weighted by Crippen LogP contribution is 2.41. The first-order chi connectivity index (χ1) is 33.1. The quantitative estimate of drug-likeness (QED) is 0.130. The van der Waals surface area contributed by atoms with Gasteiger partial charge in [0, 0.05) is 54.7 Å². The Labute approximate surface area is 408 Å². The molecule has 0 amide bonds. The SMILES string of the molecule is CC(C)(C)c1ccc(-c2nc(-c3ccc(C(C)(C)C)cc3)nc(-c3cccc4c5ccccc5n(-c5cc6c(=O)c7cc(C(C)(C)C)ccc7n7c8ccc(C(C)(C)C)cc8c(=O)c(c5)c67)c34)n2)cc1. The van der Waals surface area contributed by atoms with Crippen LogP contribution in [-0.2, 0) is 21.7 Å². The summed E-state index contributed by atoms with van der Waals surface area (Å²) in [7, 11) is 0. The van der Waals surface area contributed by atoms with E-state index in [4.69, 9.17) is 15.0 Å². The third kappa shape index (κ3) is 7.28. The highest BCUT2D eigenvalue weighted by atomic mass is 16.1. The fourth-order valence-corrected chi connectivity index (χ4v) is 10.2. The second-order valence-corrected chi connectivity index (χ2v) is 23.4. The standard InChI is InChI=1S/C63H59N5O2/c1-60(2,3)38-24-20-36(21-25-38)57-64-58(37-22-26-39(27-23-37)61(4,5)6)66-59(65-57)45-18-15-17-44-43-16-13-14-19-50(43)67(53(44)45)42-34-48-54-49(35-42)56(70)47-33-41(63(10,11)12)29-31-52(47)68(54)51-30-28-40(62(7,8)9)32-46(51)55(48)69/h13-35H,1-12H3. The molecule has 0 unspecified atom stereocenters. The number of aromatic nitrogens is 5. The van der Waals surface area contributed by atoms with Crippen LogP contribution in [0.2, 0.25) is 0 Å². The Bertz CT molecular complexity index is 3860. The van der Waals surface area contributed by atoms with Gasteiger partial charge >= 0.3 is 0 Å². The Kier molecular flexibility index (Phi) is 9.95.